The minimum Gasteiger partial charge on any atom is -0.478 e. The van der Waals surface area contributed by atoms with E-state index in [1.807, 2.05) is 0 Å². The molecule has 1 fully saturated rings. The van der Waals surface area contributed by atoms with Gasteiger partial charge in [0, 0.05) is 6.04 Å². The summed E-state index contributed by atoms with van der Waals surface area (Å²) in [6, 6.07) is 5.56. The van der Waals surface area contributed by atoms with Gasteiger partial charge in [-0.15, -0.1) is 0 Å². The summed E-state index contributed by atoms with van der Waals surface area (Å²) in [5, 5.41) is 16.9. The molecule has 1 aromatic carbocycles. The summed E-state index contributed by atoms with van der Waals surface area (Å²) in [7, 11) is 0. The summed E-state index contributed by atoms with van der Waals surface area (Å²) in [6.45, 7) is 0. The van der Waals surface area contributed by atoms with E-state index in [0.29, 0.717) is 6.04 Å². The molecule has 0 atom stereocenters. The molecule has 0 aliphatic heterocycles. The second-order valence-corrected chi connectivity index (χ2v) is 4.59. The van der Waals surface area contributed by atoms with Gasteiger partial charge in [0.1, 0.15) is 0 Å². The van der Waals surface area contributed by atoms with Crippen LogP contribution in [0.5, 0.6) is 0 Å². The summed E-state index contributed by atoms with van der Waals surface area (Å²) < 4.78 is 0. The Labute approximate surface area is 112 Å². The molecular formula is C14H19NO4. The molecule has 0 heterocycles. The van der Waals surface area contributed by atoms with Crippen LogP contribution < -0.4 is 5.73 Å². The number of benzene rings is 1. The molecule has 1 aromatic rings. The fraction of sp³-hybridized carbons (Fsp3) is 0.429. The smallest absolute Gasteiger partial charge is 0.335 e. The zero-order valence-electron chi connectivity index (χ0n) is 10.7. The predicted molar refractivity (Wildman–Crippen MR) is 71.4 cm³/mol. The van der Waals surface area contributed by atoms with Crippen LogP contribution in [0, 0.1) is 0 Å². The number of hydrogen-bond acceptors (Lipinski definition) is 3. The van der Waals surface area contributed by atoms with Crippen LogP contribution in [0.25, 0.3) is 0 Å². The van der Waals surface area contributed by atoms with E-state index in [0.717, 1.165) is 0 Å². The second-order valence-electron chi connectivity index (χ2n) is 4.59. The van der Waals surface area contributed by atoms with E-state index in [2.05, 4.69) is 0 Å². The zero-order chi connectivity index (χ0) is 14.3. The van der Waals surface area contributed by atoms with Gasteiger partial charge in [-0.2, -0.15) is 0 Å². The van der Waals surface area contributed by atoms with Crippen molar-refractivity contribution in [2.45, 2.75) is 38.1 Å². The van der Waals surface area contributed by atoms with Crippen molar-refractivity contribution in [1.29, 1.82) is 0 Å². The molecule has 0 radical (unpaired) electrons. The Bertz CT molecular complexity index is 389. The Hall–Kier alpha value is -1.88. The van der Waals surface area contributed by atoms with Gasteiger partial charge in [-0.05, 0) is 37.1 Å². The van der Waals surface area contributed by atoms with Crippen molar-refractivity contribution in [1.82, 2.24) is 0 Å². The van der Waals surface area contributed by atoms with Gasteiger partial charge in [-0.25, -0.2) is 9.59 Å². The number of carboxylic acid groups (broad SMARTS) is 2. The highest BCUT2D eigenvalue weighted by Gasteiger charge is 2.06. The summed E-state index contributed by atoms with van der Waals surface area (Å²) in [6.07, 6.45) is 6.66. The van der Waals surface area contributed by atoms with E-state index in [4.69, 9.17) is 15.9 Å². The van der Waals surface area contributed by atoms with Gasteiger partial charge in [-0.1, -0.05) is 19.3 Å². The molecule has 0 saturated heterocycles. The third-order valence-electron chi connectivity index (χ3n) is 3.03. The molecule has 0 aromatic heterocycles. The van der Waals surface area contributed by atoms with E-state index < -0.39 is 11.9 Å². The Balaban J connectivity index is 0.000000218. The van der Waals surface area contributed by atoms with Gasteiger partial charge in [-0.3, -0.25) is 0 Å². The van der Waals surface area contributed by atoms with Gasteiger partial charge < -0.3 is 15.9 Å². The van der Waals surface area contributed by atoms with E-state index >= 15 is 0 Å². The van der Waals surface area contributed by atoms with E-state index in [1.54, 1.807) is 0 Å². The summed E-state index contributed by atoms with van der Waals surface area (Å²) in [5.74, 6) is -2.13. The minimum atomic E-state index is -1.06. The third kappa shape index (κ3) is 5.52. The molecule has 0 amide bonds. The minimum absolute atomic E-state index is 0.0833. The van der Waals surface area contributed by atoms with Crippen LogP contribution in [-0.4, -0.2) is 28.2 Å². The molecule has 0 bridgehead atoms. The average molecular weight is 265 g/mol. The van der Waals surface area contributed by atoms with Crippen LogP contribution in [0.3, 0.4) is 0 Å². The van der Waals surface area contributed by atoms with Crippen LogP contribution in [0.2, 0.25) is 0 Å². The normalized spacial score (nSPS) is 15.2. The maximum Gasteiger partial charge on any atom is 0.335 e. The highest BCUT2D eigenvalue weighted by molar-refractivity contribution is 5.91. The lowest BCUT2D eigenvalue weighted by molar-refractivity contribution is 0.0681. The van der Waals surface area contributed by atoms with Crippen molar-refractivity contribution in [3.8, 4) is 0 Å². The van der Waals surface area contributed by atoms with E-state index in [1.165, 1.54) is 56.4 Å². The lowest BCUT2D eigenvalue weighted by Gasteiger charge is -2.15. The standard InChI is InChI=1S/C8H6O4.C6H13N/c9-7(10)5-1-2-6(4-3-5)8(11)12;7-6-4-2-1-3-5-6/h1-4H,(H,9,10)(H,11,12);6H,1-5,7H2. The van der Waals surface area contributed by atoms with Crippen molar-refractivity contribution in [3.05, 3.63) is 35.4 Å². The first-order valence-electron chi connectivity index (χ1n) is 6.33. The molecule has 1 aliphatic carbocycles. The predicted octanol–water partition coefficient (Wildman–Crippen LogP) is 2.36. The van der Waals surface area contributed by atoms with Crippen LogP contribution in [-0.2, 0) is 0 Å². The average Bonchev–Trinajstić information content (AvgIpc) is 2.40. The van der Waals surface area contributed by atoms with Crippen LogP contribution >= 0.6 is 0 Å². The van der Waals surface area contributed by atoms with Crippen molar-refractivity contribution in [2.75, 3.05) is 0 Å². The van der Waals surface area contributed by atoms with Crippen molar-refractivity contribution in [3.63, 3.8) is 0 Å². The maximum absolute atomic E-state index is 10.3. The van der Waals surface area contributed by atoms with Crippen LogP contribution in [0.4, 0.5) is 0 Å². The Morgan fingerprint density at radius 1 is 0.895 bits per heavy atom. The zero-order valence-corrected chi connectivity index (χ0v) is 10.7. The SMILES string of the molecule is NC1CCCCC1.O=C(O)c1ccc(C(=O)O)cc1. The monoisotopic (exact) mass is 265 g/mol. The largest absolute Gasteiger partial charge is 0.478 e. The molecule has 0 unspecified atom stereocenters. The van der Waals surface area contributed by atoms with Gasteiger partial charge in [0.25, 0.3) is 0 Å². The highest BCUT2D eigenvalue weighted by Crippen LogP contribution is 2.14. The molecule has 19 heavy (non-hydrogen) atoms. The molecule has 1 aliphatic rings. The van der Waals surface area contributed by atoms with E-state index in [9.17, 15) is 9.59 Å². The van der Waals surface area contributed by atoms with Gasteiger partial charge in [0.2, 0.25) is 0 Å². The Morgan fingerprint density at radius 2 is 1.26 bits per heavy atom. The summed E-state index contributed by atoms with van der Waals surface area (Å²) in [4.78, 5) is 20.7. The summed E-state index contributed by atoms with van der Waals surface area (Å²) in [5.41, 5.74) is 5.80. The van der Waals surface area contributed by atoms with Gasteiger partial charge in [0.15, 0.2) is 0 Å². The Morgan fingerprint density at radius 3 is 1.47 bits per heavy atom. The molecule has 1 saturated carbocycles. The number of aromatic carboxylic acids is 2. The molecule has 5 heteroatoms. The number of nitrogens with two attached hydrogens (primary N) is 1. The quantitative estimate of drug-likeness (QED) is 0.762. The van der Waals surface area contributed by atoms with Crippen LogP contribution in [0.15, 0.2) is 24.3 Å². The van der Waals surface area contributed by atoms with Crippen molar-refractivity contribution < 1.29 is 19.8 Å². The highest BCUT2D eigenvalue weighted by atomic mass is 16.4. The third-order valence-corrected chi connectivity index (χ3v) is 3.03. The molecule has 5 nitrogen and oxygen atoms in total. The lowest BCUT2D eigenvalue weighted by atomic mass is 9.97. The molecule has 104 valence electrons. The first kappa shape index (κ1) is 15.2. The molecule has 0 spiro atoms. The fourth-order valence-corrected chi connectivity index (χ4v) is 1.89. The maximum atomic E-state index is 10.3. The topological polar surface area (TPSA) is 101 Å². The number of hydrogen-bond donors (Lipinski definition) is 3. The molecule has 4 N–H and O–H groups in total. The van der Waals surface area contributed by atoms with Crippen LogP contribution in [0.1, 0.15) is 52.8 Å². The number of carbonyl (C=O) groups is 2. The van der Waals surface area contributed by atoms with Gasteiger partial charge >= 0.3 is 11.9 Å². The molecule has 2 rings (SSSR count). The Kier molecular flexibility index (Phi) is 6.02. The lowest BCUT2D eigenvalue weighted by Crippen LogP contribution is -2.22. The van der Waals surface area contributed by atoms with E-state index in [-0.39, 0.29) is 11.1 Å². The van der Waals surface area contributed by atoms with Gasteiger partial charge in [0.05, 0.1) is 11.1 Å². The second kappa shape index (κ2) is 7.53. The van der Waals surface area contributed by atoms with Crippen molar-refractivity contribution in [2.24, 2.45) is 5.73 Å². The first-order valence-corrected chi connectivity index (χ1v) is 6.33. The number of carboxylic acids is 2. The fourth-order valence-electron chi connectivity index (χ4n) is 1.89. The first-order chi connectivity index (χ1) is 9.00. The summed E-state index contributed by atoms with van der Waals surface area (Å²) >= 11 is 0. The number of rotatable bonds is 2. The van der Waals surface area contributed by atoms with Crippen molar-refractivity contribution >= 4 is 11.9 Å². The molecular weight excluding hydrogens is 246 g/mol.